The van der Waals surface area contributed by atoms with Gasteiger partial charge in [-0.15, -0.1) is 0 Å². The first-order valence-corrected chi connectivity index (χ1v) is 6.73. The zero-order valence-corrected chi connectivity index (χ0v) is 11.3. The van der Waals surface area contributed by atoms with Gasteiger partial charge in [0.05, 0.1) is 22.9 Å². The lowest BCUT2D eigenvalue weighted by molar-refractivity contribution is -0.125. The number of thiazole rings is 1. The van der Waals surface area contributed by atoms with E-state index in [1.165, 1.54) is 22.4 Å². The number of amides is 2. The second-order valence-corrected chi connectivity index (χ2v) is 6.26. The second kappa shape index (κ2) is 3.89. The molecule has 0 radical (unpaired) electrons. The number of anilines is 1. The van der Waals surface area contributed by atoms with Crippen molar-refractivity contribution in [1.82, 2.24) is 4.98 Å². The summed E-state index contributed by atoms with van der Waals surface area (Å²) < 4.78 is 0. The van der Waals surface area contributed by atoms with Gasteiger partial charge in [-0.3, -0.25) is 9.59 Å². The average molecular weight is 276 g/mol. The van der Waals surface area contributed by atoms with Crippen molar-refractivity contribution < 1.29 is 14.7 Å². The molecule has 2 fully saturated rings. The van der Waals surface area contributed by atoms with E-state index < -0.39 is 0 Å². The van der Waals surface area contributed by atoms with Crippen LogP contribution in [0.2, 0.25) is 0 Å². The van der Waals surface area contributed by atoms with Crippen LogP contribution in [0.4, 0.5) is 5.13 Å². The molecule has 2 aliphatic rings. The Morgan fingerprint density at radius 1 is 1.42 bits per heavy atom. The van der Waals surface area contributed by atoms with Crippen LogP contribution < -0.4 is 4.90 Å². The van der Waals surface area contributed by atoms with Crippen LogP contribution in [0.5, 0.6) is 0 Å². The number of hydrogen-bond acceptors (Lipinski definition) is 5. The van der Waals surface area contributed by atoms with Gasteiger partial charge < -0.3 is 5.11 Å². The zero-order valence-electron chi connectivity index (χ0n) is 10.5. The summed E-state index contributed by atoms with van der Waals surface area (Å²) in [5, 5.41) is 9.00. The molecule has 3 rings (SSSR count). The lowest BCUT2D eigenvalue weighted by Gasteiger charge is -2.17. The molecule has 1 saturated heterocycles. The second-order valence-electron chi connectivity index (χ2n) is 5.26. The number of fused-ring (bicyclic) bond motifs is 1. The van der Waals surface area contributed by atoms with Crippen LogP contribution in [0, 0.1) is 29.1 Å². The van der Waals surface area contributed by atoms with Gasteiger partial charge in [-0.25, -0.2) is 9.88 Å². The van der Waals surface area contributed by atoms with Crippen LogP contribution in [0.25, 0.3) is 0 Å². The molecule has 1 saturated carbocycles. The standard InChI is InChI=1S/C13H12N2O3S/c1-13(2)8-9(13)11(18)15(10(8)17)12-14-6-7(19-12)4-3-5-16/h6,8-9,16H,5H2,1-2H3. The minimum Gasteiger partial charge on any atom is -0.384 e. The van der Waals surface area contributed by atoms with Crippen LogP contribution in [0.1, 0.15) is 18.7 Å². The van der Waals surface area contributed by atoms with Gasteiger partial charge in [0.2, 0.25) is 11.8 Å². The molecular formula is C13H12N2O3S. The molecular weight excluding hydrogens is 264 g/mol. The number of aliphatic hydroxyl groups excluding tert-OH is 1. The molecule has 6 heteroatoms. The van der Waals surface area contributed by atoms with Gasteiger partial charge in [0.15, 0.2) is 5.13 Å². The number of nitrogens with zero attached hydrogens (tertiary/aromatic N) is 2. The number of carbonyl (C=O) groups is 2. The first-order valence-electron chi connectivity index (χ1n) is 5.92. The van der Waals surface area contributed by atoms with E-state index in [0.717, 1.165) is 0 Å². The van der Waals surface area contributed by atoms with E-state index in [-0.39, 0.29) is 35.7 Å². The number of imide groups is 1. The molecule has 2 unspecified atom stereocenters. The number of hydrogen-bond donors (Lipinski definition) is 1. The minimum atomic E-state index is -0.229. The van der Waals surface area contributed by atoms with Crippen molar-refractivity contribution in [2.75, 3.05) is 11.5 Å². The van der Waals surface area contributed by atoms with Crippen molar-refractivity contribution >= 4 is 28.3 Å². The quantitative estimate of drug-likeness (QED) is 0.603. The van der Waals surface area contributed by atoms with Gasteiger partial charge >= 0.3 is 0 Å². The molecule has 1 aromatic rings. The van der Waals surface area contributed by atoms with Gasteiger partial charge in [0.1, 0.15) is 6.61 Å². The van der Waals surface area contributed by atoms with E-state index in [1.807, 2.05) is 13.8 Å². The highest BCUT2D eigenvalue weighted by molar-refractivity contribution is 7.16. The van der Waals surface area contributed by atoms with Crippen molar-refractivity contribution in [3.05, 3.63) is 11.1 Å². The largest absolute Gasteiger partial charge is 0.384 e. The van der Waals surface area contributed by atoms with Gasteiger partial charge in [-0.2, -0.15) is 0 Å². The molecule has 1 N–H and O–H groups in total. The SMILES string of the molecule is CC1(C)C2C(=O)N(c3ncc(C#CCO)s3)C(=O)C21. The number of rotatable bonds is 1. The van der Waals surface area contributed by atoms with Crippen LogP contribution in [-0.2, 0) is 9.59 Å². The van der Waals surface area contributed by atoms with Crippen molar-refractivity contribution in [3.63, 3.8) is 0 Å². The first-order chi connectivity index (χ1) is 8.98. The summed E-state index contributed by atoms with van der Waals surface area (Å²) in [6.45, 7) is 3.65. The Balaban J connectivity index is 1.87. The lowest BCUT2D eigenvalue weighted by atomic mass is 10.1. The number of carbonyl (C=O) groups excluding carboxylic acids is 2. The Kier molecular flexibility index (Phi) is 2.52. The monoisotopic (exact) mass is 276 g/mol. The number of piperidine rings is 1. The highest BCUT2D eigenvalue weighted by Crippen LogP contribution is 2.63. The van der Waals surface area contributed by atoms with Crippen molar-refractivity contribution in [1.29, 1.82) is 0 Å². The van der Waals surface area contributed by atoms with Crippen molar-refractivity contribution in [2.24, 2.45) is 17.3 Å². The van der Waals surface area contributed by atoms with Gasteiger partial charge in [-0.05, 0) is 5.41 Å². The Morgan fingerprint density at radius 3 is 2.63 bits per heavy atom. The van der Waals surface area contributed by atoms with Gasteiger partial charge in [0.25, 0.3) is 0 Å². The molecule has 0 bridgehead atoms. The Labute approximate surface area is 114 Å². The molecule has 2 heterocycles. The van der Waals surface area contributed by atoms with Gasteiger partial charge in [-0.1, -0.05) is 37.0 Å². The fraction of sp³-hybridized carbons (Fsp3) is 0.462. The zero-order chi connectivity index (χ0) is 13.8. The third-order valence-corrected chi connectivity index (χ3v) is 4.67. The van der Waals surface area contributed by atoms with E-state index in [9.17, 15) is 9.59 Å². The molecule has 1 aliphatic carbocycles. The van der Waals surface area contributed by atoms with E-state index >= 15 is 0 Å². The maximum absolute atomic E-state index is 12.2. The summed E-state index contributed by atoms with van der Waals surface area (Å²) in [7, 11) is 0. The van der Waals surface area contributed by atoms with Crippen LogP contribution >= 0.6 is 11.3 Å². The smallest absolute Gasteiger partial charge is 0.240 e. The fourth-order valence-corrected chi connectivity index (χ4v) is 3.49. The summed E-state index contributed by atoms with van der Waals surface area (Å²) >= 11 is 1.19. The molecule has 2 atom stereocenters. The molecule has 2 amide bonds. The number of aromatic nitrogens is 1. The maximum Gasteiger partial charge on any atom is 0.240 e. The van der Waals surface area contributed by atoms with E-state index in [2.05, 4.69) is 16.8 Å². The predicted molar refractivity (Wildman–Crippen MR) is 69.3 cm³/mol. The summed E-state index contributed by atoms with van der Waals surface area (Å²) in [6.07, 6.45) is 1.51. The highest BCUT2D eigenvalue weighted by atomic mass is 32.1. The third-order valence-electron chi connectivity index (χ3n) is 3.78. The molecule has 1 aromatic heterocycles. The normalized spacial score (nSPS) is 27.0. The van der Waals surface area contributed by atoms with E-state index in [4.69, 9.17) is 5.11 Å². The molecule has 1 aliphatic heterocycles. The maximum atomic E-state index is 12.2. The van der Waals surface area contributed by atoms with Crippen LogP contribution in [0.3, 0.4) is 0 Å². The molecule has 0 spiro atoms. The Bertz CT molecular complexity index is 614. The Morgan fingerprint density at radius 2 is 2.05 bits per heavy atom. The summed E-state index contributed by atoms with van der Waals surface area (Å²) in [6, 6.07) is 0. The van der Waals surface area contributed by atoms with E-state index in [1.54, 1.807) is 0 Å². The van der Waals surface area contributed by atoms with E-state index in [0.29, 0.717) is 10.0 Å². The van der Waals surface area contributed by atoms with Crippen molar-refractivity contribution in [2.45, 2.75) is 13.8 Å². The predicted octanol–water partition coefficient (Wildman–Crippen LogP) is 0.632. The molecule has 19 heavy (non-hydrogen) atoms. The van der Waals surface area contributed by atoms with Crippen molar-refractivity contribution in [3.8, 4) is 11.8 Å². The fourth-order valence-electron chi connectivity index (χ4n) is 2.69. The molecule has 98 valence electrons. The highest BCUT2D eigenvalue weighted by Gasteiger charge is 2.73. The van der Waals surface area contributed by atoms with Crippen LogP contribution in [-0.4, -0.2) is 28.5 Å². The van der Waals surface area contributed by atoms with Crippen LogP contribution in [0.15, 0.2) is 6.20 Å². The minimum absolute atomic E-state index is 0.156. The first kappa shape index (κ1) is 12.3. The number of aliphatic hydroxyl groups is 1. The topological polar surface area (TPSA) is 70.5 Å². The summed E-state index contributed by atoms with van der Waals surface area (Å²) in [5.41, 5.74) is -0.207. The summed E-state index contributed by atoms with van der Waals surface area (Å²) in [4.78, 5) is 30.3. The third kappa shape index (κ3) is 1.62. The molecule has 0 aromatic carbocycles. The average Bonchev–Trinajstić information content (AvgIpc) is 2.65. The van der Waals surface area contributed by atoms with Gasteiger partial charge in [0, 0.05) is 0 Å². The lowest BCUT2D eigenvalue weighted by Crippen LogP contribution is -2.36. The Hall–Kier alpha value is -1.71. The molecule has 5 nitrogen and oxygen atoms in total. The summed E-state index contributed by atoms with van der Waals surface area (Å²) in [5.74, 6) is 4.51.